The van der Waals surface area contributed by atoms with Gasteiger partial charge in [-0.2, -0.15) is 0 Å². The van der Waals surface area contributed by atoms with Crippen molar-refractivity contribution in [1.82, 2.24) is 15.1 Å². The van der Waals surface area contributed by atoms with E-state index in [1.54, 1.807) is 35.9 Å². The summed E-state index contributed by atoms with van der Waals surface area (Å²) in [5, 5.41) is 15.9. The zero-order valence-electron chi connectivity index (χ0n) is 20.5. The molecule has 38 heavy (non-hydrogen) atoms. The molecule has 0 radical (unpaired) electrons. The Morgan fingerprint density at radius 1 is 1.08 bits per heavy atom. The SMILES string of the molecule is O=C(O)c1ccc2nc(C34CCC(/C=C/c5c(-c6c(Cl)cncc6Cl)noc5C5CC5)(CC3)CC4)sc2c1. The van der Waals surface area contributed by atoms with Crippen molar-refractivity contribution >= 4 is 56.8 Å². The second-order valence-electron chi connectivity index (χ2n) is 11.0. The van der Waals surface area contributed by atoms with Gasteiger partial charge in [-0.15, -0.1) is 11.3 Å². The van der Waals surface area contributed by atoms with Gasteiger partial charge in [-0.25, -0.2) is 9.78 Å². The minimum Gasteiger partial charge on any atom is -0.478 e. The predicted molar refractivity (Wildman–Crippen MR) is 149 cm³/mol. The van der Waals surface area contributed by atoms with E-state index in [0.29, 0.717) is 32.8 Å². The van der Waals surface area contributed by atoms with Crippen molar-refractivity contribution in [2.24, 2.45) is 5.41 Å². The Labute approximate surface area is 233 Å². The molecule has 1 N–H and O–H groups in total. The first-order chi connectivity index (χ1) is 18.4. The average molecular weight is 567 g/mol. The first-order valence-corrected chi connectivity index (χ1v) is 14.6. The number of hydrogen-bond acceptors (Lipinski definition) is 6. The molecular weight excluding hydrogens is 541 g/mol. The normalized spacial score (nSPS) is 25.0. The summed E-state index contributed by atoms with van der Waals surface area (Å²) < 4.78 is 6.80. The molecule has 9 heteroatoms. The molecule has 0 atom stereocenters. The van der Waals surface area contributed by atoms with E-state index in [1.165, 1.54) is 0 Å². The third-order valence-electron chi connectivity index (χ3n) is 8.79. The Morgan fingerprint density at radius 3 is 2.45 bits per heavy atom. The molecule has 4 saturated carbocycles. The molecule has 0 spiro atoms. The summed E-state index contributed by atoms with van der Waals surface area (Å²) in [5.74, 6) is 0.424. The van der Waals surface area contributed by atoms with Gasteiger partial charge in [0.1, 0.15) is 11.5 Å². The minimum absolute atomic E-state index is 0.0856. The van der Waals surface area contributed by atoms with Crippen LogP contribution < -0.4 is 0 Å². The lowest BCUT2D eigenvalue weighted by atomic mass is 9.54. The number of benzene rings is 1. The maximum atomic E-state index is 11.4. The summed E-state index contributed by atoms with van der Waals surface area (Å²) >= 11 is 14.6. The molecular formula is C29H25Cl2N3O3S. The van der Waals surface area contributed by atoms with Gasteiger partial charge >= 0.3 is 5.97 Å². The van der Waals surface area contributed by atoms with Gasteiger partial charge in [-0.3, -0.25) is 4.98 Å². The lowest BCUT2D eigenvalue weighted by Gasteiger charge is -2.51. The smallest absolute Gasteiger partial charge is 0.335 e. The Hall–Kier alpha value is -2.74. The molecule has 4 aliphatic carbocycles. The van der Waals surface area contributed by atoms with Crippen molar-refractivity contribution < 1.29 is 14.4 Å². The molecule has 6 nitrogen and oxygen atoms in total. The molecule has 0 aliphatic heterocycles. The molecule has 3 heterocycles. The Bertz CT molecular complexity index is 1580. The number of carboxylic acid groups (broad SMARTS) is 1. The van der Waals surface area contributed by atoms with Crippen LogP contribution in [0.5, 0.6) is 0 Å². The van der Waals surface area contributed by atoms with Crippen molar-refractivity contribution in [3.8, 4) is 11.3 Å². The van der Waals surface area contributed by atoms with E-state index in [-0.39, 0.29) is 10.8 Å². The lowest BCUT2D eigenvalue weighted by molar-refractivity contribution is 0.0697. The van der Waals surface area contributed by atoms with Gasteiger partial charge in [0.2, 0.25) is 0 Å². The van der Waals surface area contributed by atoms with Crippen LogP contribution in [0.25, 0.3) is 27.6 Å². The summed E-state index contributed by atoms with van der Waals surface area (Å²) in [6.45, 7) is 0. The Morgan fingerprint density at radius 2 is 1.79 bits per heavy atom. The van der Waals surface area contributed by atoms with Crippen LogP contribution >= 0.6 is 34.5 Å². The summed E-state index contributed by atoms with van der Waals surface area (Å²) in [4.78, 5) is 20.5. The van der Waals surface area contributed by atoms with Crippen LogP contribution in [0, 0.1) is 5.41 Å². The van der Waals surface area contributed by atoms with E-state index < -0.39 is 5.97 Å². The first kappa shape index (κ1) is 24.3. The van der Waals surface area contributed by atoms with Gasteiger partial charge in [0, 0.05) is 34.9 Å². The Kier molecular flexibility index (Phi) is 5.69. The molecule has 0 saturated heterocycles. The number of allylic oxidation sites excluding steroid dienone is 1. The van der Waals surface area contributed by atoms with Crippen LogP contribution in [0.1, 0.15) is 84.0 Å². The van der Waals surface area contributed by atoms with Crippen LogP contribution in [0.3, 0.4) is 0 Å². The molecule has 0 amide bonds. The average Bonchev–Trinajstić information content (AvgIpc) is 3.53. The molecule has 0 unspecified atom stereocenters. The number of hydrogen-bond donors (Lipinski definition) is 1. The van der Waals surface area contributed by atoms with Crippen molar-refractivity contribution in [2.75, 3.05) is 0 Å². The van der Waals surface area contributed by atoms with Crippen LogP contribution in [-0.2, 0) is 5.41 Å². The third-order valence-corrected chi connectivity index (χ3v) is 10.6. The van der Waals surface area contributed by atoms with E-state index in [9.17, 15) is 9.90 Å². The van der Waals surface area contributed by atoms with Gasteiger partial charge < -0.3 is 9.63 Å². The largest absolute Gasteiger partial charge is 0.478 e. The molecule has 4 aliphatic rings. The fraction of sp³-hybridized carbons (Fsp3) is 0.379. The van der Waals surface area contributed by atoms with Crippen molar-refractivity contribution in [3.63, 3.8) is 0 Å². The van der Waals surface area contributed by atoms with Crippen LogP contribution in [0.4, 0.5) is 0 Å². The number of aromatic nitrogens is 3. The number of nitrogens with zero attached hydrogens (tertiary/aromatic N) is 3. The molecule has 3 aromatic heterocycles. The van der Waals surface area contributed by atoms with E-state index in [4.69, 9.17) is 32.7 Å². The van der Waals surface area contributed by atoms with Crippen LogP contribution in [0.15, 0.2) is 41.2 Å². The van der Waals surface area contributed by atoms with Gasteiger partial charge in [-0.05, 0) is 75.0 Å². The highest BCUT2D eigenvalue weighted by molar-refractivity contribution is 7.18. The quantitative estimate of drug-likeness (QED) is 0.252. The summed E-state index contributed by atoms with van der Waals surface area (Å²) in [7, 11) is 0. The number of thiazole rings is 1. The standard InChI is InChI=1S/C29H25Cl2N3O3S/c30-19-14-32-15-20(31)23(19)24-18(25(37-34-24)16-1-2-16)5-6-28-7-10-29(11-8-28,12-9-28)27-33-21-4-3-17(26(35)36)13-22(21)38-27/h3-6,13-16H,1-2,7-12H2,(H,35,36)/b6-5+. The second kappa shape index (κ2) is 8.90. The highest BCUT2D eigenvalue weighted by Crippen LogP contribution is 2.59. The van der Waals surface area contributed by atoms with Gasteiger partial charge in [-0.1, -0.05) is 40.5 Å². The van der Waals surface area contributed by atoms with Crippen LogP contribution in [0.2, 0.25) is 10.0 Å². The predicted octanol–water partition coefficient (Wildman–Crippen LogP) is 8.53. The molecule has 1 aromatic carbocycles. The fourth-order valence-corrected chi connectivity index (χ4v) is 8.08. The second-order valence-corrected chi connectivity index (χ2v) is 12.9. The molecule has 2 bridgehead atoms. The van der Waals surface area contributed by atoms with Gasteiger partial charge in [0.05, 0.1) is 30.8 Å². The van der Waals surface area contributed by atoms with Crippen molar-refractivity contribution in [1.29, 1.82) is 0 Å². The van der Waals surface area contributed by atoms with Crippen molar-refractivity contribution in [2.45, 2.75) is 62.7 Å². The number of carboxylic acids is 1. The van der Waals surface area contributed by atoms with Gasteiger partial charge in [0.15, 0.2) is 0 Å². The van der Waals surface area contributed by atoms with E-state index in [1.807, 2.05) is 6.07 Å². The number of rotatable bonds is 6. The number of carbonyl (C=O) groups is 1. The number of pyridine rings is 1. The van der Waals surface area contributed by atoms with E-state index in [2.05, 4.69) is 22.3 Å². The lowest BCUT2D eigenvalue weighted by Crippen LogP contribution is -2.43. The highest BCUT2D eigenvalue weighted by atomic mass is 35.5. The number of fused-ring (bicyclic) bond motifs is 4. The maximum absolute atomic E-state index is 11.4. The maximum Gasteiger partial charge on any atom is 0.335 e. The zero-order chi connectivity index (χ0) is 26.1. The van der Waals surface area contributed by atoms with Crippen LogP contribution in [-0.4, -0.2) is 26.2 Å². The zero-order valence-corrected chi connectivity index (χ0v) is 22.9. The molecule has 194 valence electrons. The summed E-state index contributed by atoms with van der Waals surface area (Å²) in [6.07, 6.45) is 16.5. The monoisotopic (exact) mass is 565 g/mol. The first-order valence-electron chi connectivity index (χ1n) is 13.0. The topological polar surface area (TPSA) is 89.1 Å². The summed E-state index contributed by atoms with van der Waals surface area (Å²) in [6, 6.07) is 5.23. The Balaban J connectivity index is 1.17. The minimum atomic E-state index is -0.902. The third kappa shape index (κ3) is 3.98. The highest BCUT2D eigenvalue weighted by Gasteiger charge is 2.49. The molecule has 4 aromatic rings. The molecule has 8 rings (SSSR count). The molecule has 4 fully saturated rings. The van der Waals surface area contributed by atoms with E-state index in [0.717, 1.165) is 77.9 Å². The summed E-state index contributed by atoms with van der Waals surface area (Å²) in [5.41, 5.74) is 3.78. The van der Waals surface area contributed by atoms with E-state index >= 15 is 0 Å². The van der Waals surface area contributed by atoms with Crippen molar-refractivity contribution in [3.05, 3.63) is 68.6 Å². The number of aromatic carboxylic acids is 1. The van der Waals surface area contributed by atoms with Gasteiger partial charge in [0.25, 0.3) is 0 Å². The number of halogens is 2. The fourth-order valence-electron chi connectivity index (χ4n) is 6.26.